The molecule has 24 heavy (non-hydrogen) atoms. The zero-order chi connectivity index (χ0) is 17.0. The first-order valence-corrected chi connectivity index (χ1v) is 8.33. The number of hydrogen-bond donors (Lipinski definition) is 0. The van der Waals surface area contributed by atoms with Gasteiger partial charge in [-0.2, -0.15) is 10.5 Å². The van der Waals surface area contributed by atoms with Crippen molar-refractivity contribution in [1.82, 2.24) is 0 Å². The average Bonchev–Trinajstić information content (AvgIpc) is 3.25. The molecule has 5 heteroatoms. The molecule has 5 nitrogen and oxygen atoms in total. The van der Waals surface area contributed by atoms with E-state index in [9.17, 15) is 15.3 Å². The van der Waals surface area contributed by atoms with Crippen molar-refractivity contribution in [3.63, 3.8) is 0 Å². The lowest BCUT2D eigenvalue weighted by atomic mass is 9.67. The quantitative estimate of drug-likeness (QED) is 0.576. The molecule has 0 aromatic heterocycles. The molecule has 1 spiro atoms. The van der Waals surface area contributed by atoms with Gasteiger partial charge < -0.3 is 9.47 Å². The predicted octanol–water partition coefficient (Wildman–Crippen LogP) is 2.72. The number of carbonyl (C=O) groups is 1. The van der Waals surface area contributed by atoms with Crippen LogP contribution in [0, 0.1) is 33.5 Å². The molecule has 122 valence electrons. The summed E-state index contributed by atoms with van der Waals surface area (Å²) >= 11 is 0. The molecule has 1 fully saturated rings. The highest BCUT2D eigenvalue weighted by Crippen LogP contribution is 2.62. The fourth-order valence-corrected chi connectivity index (χ4v) is 4.76. The van der Waals surface area contributed by atoms with E-state index in [0.717, 1.165) is 5.57 Å². The highest BCUT2D eigenvalue weighted by atomic mass is 16.5. The summed E-state index contributed by atoms with van der Waals surface area (Å²) in [6.07, 6.45) is 9.67. The van der Waals surface area contributed by atoms with E-state index >= 15 is 0 Å². The minimum Gasteiger partial charge on any atom is -0.465 e. The van der Waals surface area contributed by atoms with Crippen LogP contribution < -0.4 is 0 Å². The summed E-state index contributed by atoms with van der Waals surface area (Å²) in [7, 11) is 0. The highest BCUT2D eigenvalue weighted by molar-refractivity contribution is 5.84. The monoisotopic (exact) mass is 322 g/mol. The number of hydrogen-bond acceptors (Lipinski definition) is 5. The summed E-state index contributed by atoms with van der Waals surface area (Å²) in [6, 6.07) is 4.42. The van der Waals surface area contributed by atoms with Crippen molar-refractivity contribution in [2.75, 3.05) is 6.61 Å². The van der Waals surface area contributed by atoms with Crippen LogP contribution in [0.15, 0.2) is 35.5 Å². The van der Waals surface area contributed by atoms with Gasteiger partial charge in [0.25, 0.3) is 0 Å². The molecule has 0 amide bonds. The van der Waals surface area contributed by atoms with E-state index in [1.165, 1.54) is 0 Å². The Morgan fingerprint density at radius 3 is 2.92 bits per heavy atom. The Morgan fingerprint density at radius 1 is 1.46 bits per heavy atom. The Balaban J connectivity index is 1.92. The summed E-state index contributed by atoms with van der Waals surface area (Å²) in [4.78, 5) is 12.9. The second kappa shape index (κ2) is 4.82. The Labute approximate surface area is 140 Å². The number of fused-ring (bicyclic) bond motifs is 2. The number of carbonyl (C=O) groups excluding carboxylic acids is 1. The largest absolute Gasteiger partial charge is 0.465 e. The van der Waals surface area contributed by atoms with Crippen LogP contribution in [0.4, 0.5) is 0 Å². The van der Waals surface area contributed by atoms with Gasteiger partial charge in [0.1, 0.15) is 5.60 Å². The SMILES string of the molecule is CCOC(=O)[C@]12CCC=C1C(C#N)(C#N)CC13C=C[C@H](C=C1C2)O3. The van der Waals surface area contributed by atoms with E-state index in [-0.39, 0.29) is 25.1 Å². The van der Waals surface area contributed by atoms with Crippen molar-refractivity contribution >= 4 is 5.97 Å². The third-order valence-corrected chi connectivity index (χ3v) is 5.77. The summed E-state index contributed by atoms with van der Waals surface area (Å²) < 4.78 is 11.4. The molecular formula is C19H18N2O3. The van der Waals surface area contributed by atoms with E-state index in [1.54, 1.807) is 6.92 Å². The van der Waals surface area contributed by atoms with Gasteiger partial charge in [-0.05, 0) is 49.5 Å². The van der Waals surface area contributed by atoms with Crippen LogP contribution in [-0.2, 0) is 14.3 Å². The van der Waals surface area contributed by atoms with E-state index < -0.39 is 16.4 Å². The molecule has 3 atom stereocenters. The van der Waals surface area contributed by atoms with E-state index in [0.29, 0.717) is 24.8 Å². The van der Waals surface area contributed by atoms with Crippen LogP contribution in [0.5, 0.6) is 0 Å². The van der Waals surface area contributed by atoms with Crippen molar-refractivity contribution < 1.29 is 14.3 Å². The number of rotatable bonds is 2. The van der Waals surface area contributed by atoms with Crippen LogP contribution in [0.3, 0.4) is 0 Å². The number of ether oxygens (including phenoxy) is 2. The third-order valence-electron chi connectivity index (χ3n) is 5.77. The summed E-state index contributed by atoms with van der Waals surface area (Å²) in [6.45, 7) is 2.05. The first-order valence-electron chi connectivity index (χ1n) is 8.33. The standard InChI is InChI=1S/C19H18N2O3/c1-2-23-16(22)18-6-3-4-15(18)17(11-20,12-21)10-19-7-5-14(24-19)8-13(19)9-18/h4-5,7-8,14H,2-3,6,9-10H2,1H3/t14-,18+,19?/m1/s1. The molecular weight excluding hydrogens is 304 g/mol. The van der Waals surface area contributed by atoms with Gasteiger partial charge in [0.05, 0.1) is 30.3 Å². The van der Waals surface area contributed by atoms with Gasteiger partial charge in [-0.25, -0.2) is 0 Å². The van der Waals surface area contributed by atoms with Gasteiger partial charge in [0.2, 0.25) is 0 Å². The van der Waals surface area contributed by atoms with Crippen LogP contribution in [0.25, 0.3) is 0 Å². The topological polar surface area (TPSA) is 83.1 Å². The lowest BCUT2D eigenvalue weighted by molar-refractivity contribution is -0.153. The Bertz CT molecular complexity index is 780. The fourth-order valence-electron chi connectivity index (χ4n) is 4.76. The molecule has 0 radical (unpaired) electrons. The average molecular weight is 322 g/mol. The molecule has 0 aromatic rings. The van der Waals surface area contributed by atoms with E-state index in [1.807, 2.05) is 24.3 Å². The van der Waals surface area contributed by atoms with Crippen LogP contribution in [-0.4, -0.2) is 24.3 Å². The molecule has 4 rings (SSSR count). The van der Waals surface area contributed by atoms with Crippen molar-refractivity contribution in [3.8, 4) is 12.1 Å². The maximum Gasteiger partial charge on any atom is 0.316 e. The van der Waals surface area contributed by atoms with Crippen molar-refractivity contribution in [2.24, 2.45) is 10.8 Å². The second-order valence-corrected chi connectivity index (χ2v) is 6.96. The van der Waals surface area contributed by atoms with Gasteiger partial charge in [-0.1, -0.05) is 12.2 Å². The second-order valence-electron chi connectivity index (χ2n) is 6.96. The maximum absolute atomic E-state index is 12.9. The summed E-state index contributed by atoms with van der Waals surface area (Å²) in [5.41, 5.74) is -1.41. The van der Waals surface area contributed by atoms with E-state index in [2.05, 4.69) is 12.1 Å². The van der Waals surface area contributed by atoms with Crippen molar-refractivity contribution in [2.45, 2.75) is 44.3 Å². The zero-order valence-electron chi connectivity index (χ0n) is 13.5. The van der Waals surface area contributed by atoms with Crippen LogP contribution in [0.1, 0.15) is 32.6 Å². The fraction of sp³-hybridized carbons (Fsp3) is 0.526. The molecule has 2 aliphatic heterocycles. The Kier molecular flexibility index (Phi) is 3.04. The predicted molar refractivity (Wildman–Crippen MR) is 84.1 cm³/mol. The van der Waals surface area contributed by atoms with Crippen LogP contribution >= 0.6 is 0 Å². The molecule has 2 bridgehead atoms. The lowest BCUT2D eigenvalue weighted by Gasteiger charge is -2.33. The summed E-state index contributed by atoms with van der Waals surface area (Å²) in [5, 5.41) is 19.8. The maximum atomic E-state index is 12.9. The zero-order valence-corrected chi connectivity index (χ0v) is 13.5. The van der Waals surface area contributed by atoms with Gasteiger partial charge in [-0.15, -0.1) is 0 Å². The lowest BCUT2D eigenvalue weighted by Crippen LogP contribution is -2.38. The highest BCUT2D eigenvalue weighted by Gasteiger charge is 2.63. The molecule has 0 aromatic carbocycles. The normalized spacial score (nSPS) is 37.4. The number of nitriles is 2. The molecule has 2 aliphatic carbocycles. The summed E-state index contributed by atoms with van der Waals surface area (Å²) in [5.74, 6) is -0.326. The molecule has 1 saturated carbocycles. The van der Waals surface area contributed by atoms with Gasteiger partial charge >= 0.3 is 5.97 Å². The minimum absolute atomic E-state index is 0.124. The molecule has 4 aliphatic rings. The van der Waals surface area contributed by atoms with Gasteiger partial charge in [-0.3, -0.25) is 4.79 Å². The van der Waals surface area contributed by atoms with Crippen LogP contribution in [0.2, 0.25) is 0 Å². The molecule has 1 unspecified atom stereocenters. The minimum atomic E-state index is -1.37. The van der Waals surface area contributed by atoms with Gasteiger partial charge in [0, 0.05) is 6.42 Å². The van der Waals surface area contributed by atoms with Crippen molar-refractivity contribution in [1.29, 1.82) is 10.5 Å². The Morgan fingerprint density at radius 2 is 2.25 bits per heavy atom. The first-order chi connectivity index (χ1) is 11.5. The van der Waals surface area contributed by atoms with Crippen molar-refractivity contribution in [3.05, 3.63) is 35.5 Å². The smallest absolute Gasteiger partial charge is 0.316 e. The number of esters is 1. The third kappa shape index (κ3) is 1.68. The Hall–Kier alpha value is -2.37. The molecule has 2 heterocycles. The van der Waals surface area contributed by atoms with E-state index in [4.69, 9.17) is 9.47 Å². The molecule has 0 saturated heterocycles. The molecule has 0 N–H and O–H groups in total. The number of nitrogens with zero attached hydrogens (tertiary/aromatic N) is 2. The van der Waals surface area contributed by atoms with Gasteiger partial charge in [0.15, 0.2) is 5.41 Å². The first kappa shape index (κ1) is 15.2. The number of allylic oxidation sites excluding steroid dienone is 1.